The Bertz CT molecular complexity index is 692. The fraction of sp³-hybridized carbons (Fsp3) is 0.389. The lowest BCUT2D eigenvalue weighted by molar-refractivity contribution is 0.146. The molecule has 2 aromatic rings. The number of aromatic nitrogens is 1. The number of methoxy groups -OCH3 is 1. The summed E-state index contributed by atoms with van der Waals surface area (Å²) in [6, 6.07) is 9.03. The Morgan fingerprint density at radius 2 is 2.12 bits per heavy atom. The second-order valence-electron chi connectivity index (χ2n) is 5.87. The molecular formula is C18H20F2N2O2. The molecule has 4 nitrogen and oxygen atoms in total. The molecule has 2 heterocycles. The van der Waals surface area contributed by atoms with Crippen molar-refractivity contribution in [3.05, 3.63) is 53.3 Å². The Labute approximate surface area is 139 Å². The minimum Gasteiger partial charge on any atom is -0.493 e. The van der Waals surface area contributed by atoms with Crippen LogP contribution in [0.1, 0.15) is 36.2 Å². The van der Waals surface area contributed by atoms with E-state index in [1.807, 2.05) is 25.1 Å². The lowest BCUT2D eigenvalue weighted by Gasteiger charge is -2.29. The van der Waals surface area contributed by atoms with Gasteiger partial charge in [-0.1, -0.05) is 18.2 Å². The van der Waals surface area contributed by atoms with E-state index >= 15 is 0 Å². The highest BCUT2D eigenvalue weighted by molar-refractivity contribution is 5.48. The normalized spacial score (nSPS) is 18.0. The number of benzene rings is 1. The van der Waals surface area contributed by atoms with Crippen molar-refractivity contribution in [3.63, 3.8) is 0 Å². The summed E-state index contributed by atoms with van der Waals surface area (Å²) in [4.78, 5) is 3.81. The zero-order valence-electron chi connectivity index (χ0n) is 13.6. The molecule has 0 spiro atoms. The summed E-state index contributed by atoms with van der Waals surface area (Å²) in [6.45, 7) is 2.51. The molecule has 2 unspecified atom stereocenters. The van der Waals surface area contributed by atoms with E-state index in [2.05, 4.69) is 10.3 Å². The van der Waals surface area contributed by atoms with Crippen LogP contribution in [0.4, 0.5) is 8.78 Å². The molecule has 0 aliphatic carbocycles. The highest BCUT2D eigenvalue weighted by atomic mass is 19.3. The molecule has 6 heteroatoms. The molecule has 0 radical (unpaired) electrons. The minimum absolute atomic E-state index is 0.00928. The maximum absolute atomic E-state index is 12.6. The number of halogens is 2. The predicted molar refractivity (Wildman–Crippen MR) is 86.7 cm³/mol. The second-order valence-corrected chi connectivity index (χ2v) is 5.87. The van der Waals surface area contributed by atoms with Crippen LogP contribution >= 0.6 is 0 Å². The molecule has 1 aromatic heterocycles. The van der Waals surface area contributed by atoms with Crippen molar-refractivity contribution in [2.75, 3.05) is 13.7 Å². The molecule has 0 fully saturated rings. The molecule has 0 amide bonds. The Morgan fingerprint density at radius 3 is 2.79 bits per heavy atom. The number of ether oxygens (including phenoxy) is 2. The Morgan fingerprint density at radius 1 is 1.29 bits per heavy atom. The van der Waals surface area contributed by atoms with Gasteiger partial charge in [-0.3, -0.25) is 4.98 Å². The van der Waals surface area contributed by atoms with E-state index in [-0.39, 0.29) is 17.8 Å². The third kappa shape index (κ3) is 3.48. The summed E-state index contributed by atoms with van der Waals surface area (Å²) in [7, 11) is 1.63. The third-order valence-electron chi connectivity index (χ3n) is 4.19. The summed E-state index contributed by atoms with van der Waals surface area (Å²) in [5, 5.41) is 3.47. The first kappa shape index (κ1) is 16.6. The van der Waals surface area contributed by atoms with E-state index in [4.69, 9.17) is 9.47 Å². The van der Waals surface area contributed by atoms with E-state index < -0.39 is 6.43 Å². The third-order valence-corrected chi connectivity index (χ3v) is 4.19. The summed E-state index contributed by atoms with van der Waals surface area (Å²) in [6.07, 6.45) is -0.222. The zero-order valence-corrected chi connectivity index (χ0v) is 13.6. The van der Waals surface area contributed by atoms with Gasteiger partial charge in [0, 0.05) is 18.3 Å². The van der Waals surface area contributed by atoms with Gasteiger partial charge in [0.05, 0.1) is 7.11 Å². The van der Waals surface area contributed by atoms with E-state index in [0.29, 0.717) is 6.61 Å². The molecule has 128 valence electrons. The number of nitrogens with one attached hydrogen (secondary N) is 1. The van der Waals surface area contributed by atoms with Crippen LogP contribution in [0.2, 0.25) is 0 Å². The molecule has 1 aromatic carbocycles. The van der Waals surface area contributed by atoms with Crippen molar-refractivity contribution in [3.8, 4) is 11.5 Å². The van der Waals surface area contributed by atoms with Gasteiger partial charge in [0.25, 0.3) is 6.43 Å². The number of hydrogen-bond acceptors (Lipinski definition) is 4. The topological polar surface area (TPSA) is 43.4 Å². The van der Waals surface area contributed by atoms with Gasteiger partial charge < -0.3 is 14.8 Å². The van der Waals surface area contributed by atoms with Crippen molar-refractivity contribution < 1.29 is 18.3 Å². The smallest absolute Gasteiger partial charge is 0.280 e. The molecule has 3 rings (SSSR count). The fourth-order valence-electron chi connectivity index (χ4n) is 2.91. The minimum atomic E-state index is -2.54. The van der Waals surface area contributed by atoms with Crippen molar-refractivity contribution in [2.24, 2.45) is 0 Å². The average molecular weight is 334 g/mol. The van der Waals surface area contributed by atoms with Gasteiger partial charge in [-0.05, 0) is 36.6 Å². The molecule has 1 aliphatic rings. The van der Waals surface area contributed by atoms with Crippen LogP contribution in [0, 0.1) is 0 Å². The number of nitrogens with zero attached hydrogens (tertiary/aromatic N) is 1. The zero-order chi connectivity index (χ0) is 17.1. The van der Waals surface area contributed by atoms with Gasteiger partial charge in [-0.25, -0.2) is 8.78 Å². The van der Waals surface area contributed by atoms with Gasteiger partial charge in [-0.2, -0.15) is 0 Å². The summed E-state index contributed by atoms with van der Waals surface area (Å²) < 4.78 is 36.3. The first-order valence-corrected chi connectivity index (χ1v) is 7.87. The molecule has 0 saturated carbocycles. The van der Waals surface area contributed by atoms with E-state index in [1.165, 1.54) is 12.3 Å². The van der Waals surface area contributed by atoms with Gasteiger partial charge in [-0.15, -0.1) is 0 Å². The van der Waals surface area contributed by atoms with Gasteiger partial charge in [0.2, 0.25) is 0 Å². The predicted octanol–water partition coefficient (Wildman–Crippen LogP) is 3.68. The lowest BCUT2D eigenvalue weighted by atomic mass is 10.0. The average Bonchev–Trinajstić information content (AvgIpc) is 2.61. The van der Waals surface area contributed by atoms with Gasteiger partial charge >= 0.3 is 0 Å². The van der Waals surface area contributed by atoms with Gasteiger partial charge in [0.1, 0.15) is 12.3 Å². The number of alkyl halides is 2. The SMILES string of the molecule is COc1cccc2c1OCC(NC(C)c1ccc(C(F)F)nc1)C2. The standard InChI is InChI=1S/C18H20F2N2O2/c1-11(13-6-7-15(18(19)20)21-9-13)22-14-8-12-4-3-5-16(23-2)17(12)24-10-14/h3-7,9,11,14,18,22H,8,10H2,1-2H3. The van der Waals surface area contributed by atoms with Gasteiger partial charge in [0.15, 0.2) is 11.5 Å². The maximum atomic E-state index is 12.6. The number of para-hydroxylation sites is 1. The monoisotopic (exact) mass is 334 g/mol. The number of pyridine rings is 1. The first-order chi connectivity index (χ1) is 11.6. The second kappa shape index (κ2) is 7.13. The van der Waals surface area contributed by atoms with E-state index in [0.717, 1.165) is 29.0 Å². The van der Waals surface area contributed by atoms with Crippen molar-refractivity contribution in [2.45, 2.75) is 31.9 Å². The largest absolute Gasteiger partial charge is 0.493 e. The fourth-order valence-corrected chi connectivity index (χ4v) is 2.91. The maximum Gasteiger partial charge on any atom is 0.280 e. The van der Waals surface area contributed by atoms with Crippen LogP contribution in [-0.2, 0) is 6.42 Å². The van der Waals surface area contributed by atoms with Crippen molar-refractivity contribution in [1.29, 1.82) is 0 Å². The van der Waals surface area contributed by atoms with Crippen LogP contribution in [0.15, 0.2) is 36.5 Å². The summed E-state index contributed by atoms with van der Waals surface area (Å²) in [5.41, 5.74) is 1.76. The Hall–Kier alpha value is -2.21. The molecule has 0 saturated heterocycles. The molecular weight excluding hydrogens is 314 g/mol. The van der Waals surface area contributed by atoms with Crippen LogP contribution < -0.4 is 14.8 Å². The quantitative estimate of drug-likeness (QED) is 0.906. The number of rotatable bonds is 5. The number of fused-ring (bicyclic) bond motifs is 1. The van der Waals surface area contributed by atoms with Crippen LogP contribution in [-0.4, -0.2) is 24.7 Å². The highest BCUT2D eigenvalue weighted by Gasteiger charge is 2.24. The number of hydrogen-bond donors (Lipinski definition) is 1. The first-order valence-electron chi connectivity index (χ1n) is 7.87. The summed E-state index contributed by atoms with van der Waals surface area (Å²) >= 11 is 0. The van der Waals surface area contributed by atoms with E-state index in [9.17, 15) is 8.78 Å². The van der Waals surface area contributed by atoms with E-state index in [1.54, 1.807) is 13.2 Å². The lowest BCUT2D eigenvalue weighted by Crippen LogP contribution is -2.40. The molecule has 1 aliphatic heterocycles. The molecule has 24 heavy (non-hydrogen) atoms. The van der Waals surface area contributed by atoms with Crippen molar-refractivity contribution >= 4 is 0 Å². The summed E-state index contributed by atoms with van der Waals surface area (Å²) in [5.74, 6) is 1.54. The Kier molecular flexibility index (Phi) is 4.94. The molecule has 1 N–H and O–H groups in total. The van der Waals surface area contributed by atoms with Crippen LogP contribution in [0.3, 0.4) is 0 Å². The highest BCUT2D eigenvalue weighted by Crippen LogP contribution is 2.34. The molecule has 0 bridgehead atoms. The Balaban J connectivity index is 1.66. The van der Waals surface area contributed by atoms with Crippen LogP contribution in [0.5, 0.6) is 11.5 Å². The molecule has 2 atom stereocenters. The van der Waals surface area contributed by atoms with Crippen LogP contribution in [0.25, 0.3) is 0 Å². The van der Waals surface area contributed by atoms with Crippen molar-refractivity contribution in [1.82, 2.24) is 10.3 Å².